The summed E-state index contributed by atoms with van der Waals surface area (Å²) >= 11 is 5.39. The van der Waals surface area contributed by atoms with E-state index in [-0.39, 0.29) is 5.97 Å². The van der Waals surface area contributed by atoms with Crippen molar-refractivity contribution >= 4 is 23.3 Å². The van der Waals surface area contributed by atoms with E-state index in [4.69, 9.17) is 22.1 Å². The third kappa shape index (κ3) is 3.84. The lowest BCUT2D eigenvalue weighted by Crippen LogP contribution is -2.45. The van der Waals surface area contributed by atoms with Crippen molar-refractivity contribution in [2.24, 2.45) is 0 Å². The van der Waals surface area contributed by atoms with E-state index < -0.39 is 6.04 Å². The van der Waals surface area contributed by atoms with Crippen molar-refractivity contribution in [3.8, 4) is 16.9 Å². The maximum atomic E-state index is 12.8. The first-order valence-electron chi connectivity index (χ1n) is 9.74. The Morgan fingerprint density at radius 2 is 1.80 bits per heavy atom. The molecular weight excluding hydrogens is 396 g/mol. The highest BCUT2D eigenvalue weighted by Gasteiger charge is 2.34. The summed E-state index contributed by atoms with van der Waals surface area (Å²) in [6.45, 7) is 3.91. The van der Waals surface area contributed by atoms with Crippen molar-refractivity contribution in [2.75, 3.05) is 6.61 Å². The van der Waals surface area contributed by atoms with E-state index in [1.165, 1.54) is 0 Å². The van der Waals surface area contributed by atoms with E-state index in [2.05, 4.69) is 10.6 Å². The first kappa shape index (κ1) is 19.8. The lowest BCUT2D eigenvalue weighted by Gasteiger charge is -2.29. The molecule has 30 heavy (non-hydrogen) atoms. The topological polar surface area (TPSA) is 68.2 Å². The molecule has 152 valence electrons. The van der Waals surface area contributed by atoms with Crippen LogP contribution in [0.25, 0.3) is 16.9 Å². The van der Waals surface area contributed by atoms with Gasteiger partial charge in [0.05, 0.1) is 29.6 Å². The van der Waals surface area contributed by atoms with Crippen LogP contribution in [-0.2, 0) is 9.53 Å². The predicted molar refractivity (Wildman–Crippen MR) is 120 cm³/mol. The van der Waals surface area contributed by atoms with Crippen LogP contribution in [0.3, 0.4) is 0 Å². The number of esters is 1. The Balaban J connectivity index is 1.89. The van der Waals surface area contributed by atoms with E-state index in [0.29, 0.717) is 23.0 Å². The summed E-state index contributed by atoms with van der Waals surface area (Å²) < 4.78 is 7.15. The molecule has 7 heteroatoms. The van der Waals surface area contributed by atoms with Gasteiger partial charge in [0.1, 0.15) is 0 Å². The highest BCUT2D eigenvalue weighted by Crippen LogP contribution is 2.34. The van der Waals surface area contributed by atoms with Gasteiger partial charge in [0, 0.05) is 23.0 Å². The van der Waals surface area contributed by atoms with Crippen LogP contribution in [0.2, 0.25) is 0 Å². The van der Waals surface area contributed by atoms with Crippen molar-refractivity contribution < 1.29 is 9.53 Å². The number of ether oxygens (including phenoxy) is 1. The molecule has 1 aliphatic heterocycles. The second kappa shape index (κ2) is 8.51. The van der Waals surface area contributed by atoms with Gasteiger partial charge in [0.25, 0.3) is 0 Å². The van der Waals surface area contributed by atoms with E-state index in [1.807, 2.05) is 78.5 Å². The second-order valence-electron chi connectivity index (χ2n) is 6.87. The zero-order valence-corrected chi connectivity index (χ0v) is 17.6. The third-order valence-electron chi connectivity index (χ3n) is 4.89. The Kier molecular flexibility index (Phi) is 5.63. The van der Waals surface area contributed by atoms with Crippen molar-refractivity contribution in [3.05, 3.63) is 83.7 Å². The van der Waals surface area contributed by atoms with Gasteiger partial charge in [0.2, 0.25) is 0 Å². The quantitative estimate of drug-likeness (QED) is 0.484. The lowest BCUT2D eigenvalue weighted by molar-refractivity contribution is -0.139. The summed E-state index contributed by atoms with van der Waals surface area (Å²) in [4.78, 5) is 12.8. The molecule has 0 unspecified atom stereocenters. The average molecular weight is 419 g/mol. The number of hydrogen-bond acceptors (Lipinski definition) is 4. The molecule has 0 saturated carbocycles. The zero-order chi connectivity index (χ0) is 21.1. The molecule has 0 radical (unpaired) electrons. The van der Waals surface area contributed by atoms with Gasteiger partial charge in [-0.3, -0.25) is 0 Å². The van der Waals surface area contributed by atoms with Gasteiger partial charge in [-0.2, -0.15) is 5.10 Å². The van der Waals surface area contributed by atoms with Gasteiger partial charge < -0.3 is 15.4 Å². The number of carbonyl (C=O) groups is 1. The highest BCUT2D eigenvalue weighted by molar-refractivity contribution is 7.80. The van der Waals surface area contributed by atoms with Crippen molar-refractivity contribution in [2.45, 2.75) is 19.9 Å². The lowest BCUT2D eigenvalue weighted by atomic mass is 9.94. The van der Waals surface area contributed by atoms with Gasteiger partial charge in [-0.15, -0.1) is 0 Å². The normalized spacial score (nSPS) is 16.1. The van der Waals surface area contributed by atoms with Crippen molar-refractivity contribution in [3.63, 3.8) is 0 Å². The fraction of sp³-hybridized carbons (Fsp3) is 0.174. The minimum absolute atomic E-state index is 0.293. The van der Waals surface area contributed by atoms with Gasteiger partial charge in [0.15, 0.2) is 5.11 Å². The standard InChI is InChI=1S/C23H22N4O2S/c1-3-29-22(28)19-15(2)24-23(30)25-21(19)18-14-27(17-12-8-5-9-13-17)26-20(18)16-10-6-4-7-11-16/h4-14,21H,3H2,1-2H3,(H2,24,25,30)/t21-/m1/s1. The minimum Gasteiger partial charge on any atom is -0.463 e. The van der Waals surface area contributed by atoms with Crippen LogP contribution >= 0.6 is 12.2 Å². The van der Waals surface area contributed by atoms with E-state index in [1.54, 1.807) is 6.92 Å². The Bertz CT molecular complexity index is 1110. The maximum absolute atomic E-state index is 12.8. The molecular formula is C23H22N4O2S. The van der Waals surface area contributed by atoms with Gasteiger partial charge in [-0.05, 0) is 38.2 Å². The molecule has 0 saturated heterocycles. The molecule has 6 nitrogen and oxygen atoms in total. The van der Waals surface area contributed by atoms with Crippen LogP contribution in [0.4, 0.5) is 0 Å². The number of nitrogens with zero attached hydrogens (tertiary/aromatic N) is 2. The number of allylic oxidation sites excluding steroid dienone is 1. The smallest absolute Gasteiger partial charge is 0.338 e. The van der Waals surface area contributed by atoms with Crippen LogP contribution < -0.4 is 10.6 Å². The summed E-state index contributed by atoms with van der Waals surface area (Å²) in [5, 5.41) is 11.6. The van der Waals surface area contributed by atoms with E-state index in [0.717, 1.165) is 22.5 Å². The molecule has 0 aliphatic carbocycles. The summed E-state index contributed by atoms with van der Waals surface area (Å²) in [7, 11) is 0. The minimum atomic E-state index is -0.481. The first-order chi connectivity index (χ1) is 14.6. The highest BCUT2D eigenvalue weighted by atomic mass is 32.1. The summed E-state index contributed by atoms with van der Waals surface area (Å²) in [5.41, 5.74) is 4.67. The summed E-state index contributed by atoms with van der Waals surface area (Å²) in [5.74, 6) is -0.381. The van der Waals surface area contributed by atoms with E-state index >= 15 is 0 Å². The molecule has 1 aliphatic rings. The number of para-hydroxylation sites is 1. The third-order valence-corrected chi connectivity index (χ3v) is 5.11. The monoisotopic (exact) mass is 418 g/mol. The second-order valence-corrected chi connectivity index (χ2v) is 7.28. The molecule has 2 N–H and O–H groups in total. The Hall–Kier alpha value is -3.45. The zero-order valence-electron chi connectivity index (χ0n) is 16.8. The van der Waals surface area contributed by atoms with Gasteiger partial charge >= 0.3 is 5.97 Å². The van der Waals surface area contributed by atoms with Crippen LogP contribution in [0, 0.1) is 0 Å². The number of benzene rings is 2. The van der Waals surface area contributed by atoms with Crippen LogP contribution in [-0.4, -0.2) is 27.5 Å². The first-order valence-corrected chi connectivity index (χ1v) is 10.1. The van der Waals surface area contributed by atoms with E-state index in [9.17, 15) is 4.79 Å². The molecule has 1 atom stereocenters. The van der Waals surface area contributed by atoms with Crippen LogP contribution in [0.5, 0.6) is 0 Å². The maximum Gasteiger partial charge on any atom is 0.338 e. The molecule has 0 fully saturated rings. The fourth-order valence-electron chi connectivity index (χ4n) is 3.54. The SMILES string of the molecule is CCOC(=O)C1=C(C)NC(=S)N[C@@H]1c1cn(-c2ccccc2)nc1-c1ccccc1. The summed E-state index contributed by atoms with van der Waals surface area (Å²) in [6.07, 6.45) is 1.94. The molecule has 2 aromatic carbocycles. The summed E-state index contributed by atoms with van der Waals surface area (Å²) in [6, 6.07) is 19.3. The molecule has 0 spiro atoms. The van der Waals surface area contributed by atoms with Crippen molar-refractivity contribution in [1.29, 1.82) is 0 Å². The average Bonchev–Trinajstić information content (AvgIpc) is 3.20. The predicted octanol–water partition coefficient (Wildman–Crippen LogP) is 3.90. The van der Waals surface area contributed by atoms with Crippen molar-refractivity contribution in [1.82, 2.24) is 20.4 Å². The Labute approximate surface area is 180 Å². The molecule has 3 aromatic rings. The number of aromatic nitrogens is 2. The number of carbonyl (C=O) groups excluding carboxylic acids is 1. The Morgan fingerprint density at radius 3 is 2.47 bits per heavy atom. The van der Waals surface area contributed by atoms with Gasteiger partial charge in [-0.1, -0.05) is 48.5 Å². The molecule has 0 bridgehead atoms. The molecule has 0 amide bonds. The largest absolute Gasteiger partial charge is 0.463 e. The number of hydrogen-bond donors (Lipinski definition) is 2. The van der Waals surface area contributed by atoms with Gasteiger partial charge in [-0.25, -0.2) is 9.48 Å². The number of nitrogens with one attached hydrogen (secondary N) is 2. The van der Waals surface area contributed by atoms with Crippen LogP contribution in [0.15, 0.2) is 78.1 Å². The molecule has 4 rings (SSSR count). The fourth-order valence-corrected chi connectivity index (χ4v) is 3.81. The number of rotatable bonds is 5. The molecule has 2 heterocycles. The molecule has 1 aromatic heterocycles. The number of thiocarbonyl (C=S) groups is 1. The Morgan fingerprint density at radius 1 is 1.13 bits per heavy atom. The van der Waals surface area contributed by atoms with Crippen LogP contribution in [0.1, 0.15) is 25.5 Å².